The quantitative estimate of drug-likeness (QED) is 0.918. The first kappa shape index (κ1) is 14.6. The summed E-state index contributed by atoms with van der Waals surface area (Å²) in [4.78, 5) is 16.1. The molecule has 6 nitrogen and oxygen atoms in total. The Morgan fingerprint density at radius 2 is 2.23 bits per heavy atom. The maximum atomic E-state index is 11.9. The lowest BCUT2D eigenvalue weighted by Crippen LogP contribution is -2.23. The molecule has 2 aromatic rings. The van der Waals surface area contributed by atoms with Gasteiger partial charge in [-0.05, 0) is 44.2 Å². The van der Waals surface area contributed by atoms with Gasteiger partial charge in [0, 0.05) is 24.9 Å². The fourth-order valence-corrected chi connectivity index (χ4v) is 2.55. The Bertz CT molecular complexity index is 648. The Morgan fingerprint density at radius 3 is 2.95 bits per heavy atom. The Balaban J connectivity index is 1.57. The summed E-state index contributed by atoms with van der Waals surface area (Å²) in [6.07, 6.45) is 6.60. The van der Waals surface area contributed by atoms with Crippen LogP contribution in [0.4, 0.5) is 0 Å². The molecule has 1 saturated carbocycles. The second-order valence-electron chi connectivity index (χ2n) is 5.53. The predicted molar refractivity (Wildman–Crippen MR) is 79.5 cm³/mol. The van der Waals surface area contributed by atoms with Crippen molar-refractivity contribution in [3.63, 3.8) is 0 Å². The highest BCUT2D eigenvalue weighted by atomic mass is 16.5. The maximum Gasteiger partial charge on any atom is 0.273 e. The van der Waals surface area contributed by atoms with Gasteiger partial charge in [-0.2, -0.15) is 0 Å². The van der Waals surface area contributed by atoms with Crippen molar-refractivity contribution in [2.45, 2.75) is 45.3 Å². The highest BCUT2D eigenvalue weighted by molar-refractivity contribution is 5.92. The summed E-state index contributed by atoms with van der Waals surface area (Å²) < 4.78 is 10.7. The van der Waals surface area contributed by atoms with Crippen LogP contribution in [-0.2, 0) is 6.54 Å². The van der Waals surface area contributed by atoms with Crippen molar-refractivity contribution < 1.29 is 14.1 Å². The SMILES string of the molecule is Cc1cc(C(=O)NCc2ccnc(OC3CCCC3)c2)no1. The standard InChI is InChI=1S/C16H19N3O3/c1-11-8-14(19-22-11)16(20)18-10-12-6-7-17-15(9-12)21-13-4-2-3-5-13/h6-9,13H,2-5,10H2,1H3,(H,18,20). The number of carbonyl (C=O) groups excluding carboxylic acids is 1. The number of pyridine rings is 1. The molecule has 1 aliphatic carbocycles. The van der Waals surface area contributed by atoms with E-state index in [1.165, 1.54) is 12.8 Å². The summed E-state index contributed by atoms with van der Waals surface area (Å²) in [5.74, 6) is 0.976. The number of nitrogens with zero attached hydrogens (tertiary/aromatic N) is 2. The topological polar surface area (TPSA) is 77.2 Å². The van der Waals surface area contributed by atoms with Crippen LogP contribution in [0.15, 0.2) is 28.9 Å². The van der Waals surface area contributed by atoms with Crippen LogP contribution < -0.4 is 10.1 Å². The predicted octanol–water partition coefficient (Wildman–Crippen LogP) is 2.63. The third kappa shape index (κ3) is 3.63. The van der Waals surface area contributed by atoms with Gasteiger partial charge in [-0.15, -0.1) is 0 Å². The van der Waals surface area contributed by atoms with Gasteiger partial charge in [-0.25, -0.2) is 4.98 Å². The molecule has 1 fully saturated rings. The van der Waals surface area contributed by atoms with Gasteiger partial charge in [0.15, 0.2) is 5.69 Å². The van der Waals surface area contributed by atoms with Crippen LogP contribution >= 0.6 is 0 Å². The fourth-order valence-electron chi connectivity index (χ4n) is 2.55. The van der Waals surface area contributed by atoms with Gasteiger partial charge in [0.05, 0.1) is 0 Å². The molecule has 1 amide bonds. The number of carbonyl (C=O) groups is 1. The lowest BCUT2D eigenvalue weighted by atomic mass is 10.2. The molecule has 22 heavy (non-hydrogen) atoms. The molecule has 1 aliphatic rings. The normalized spacial score (nSPS) is 15.0. The van der Waals surface area contributed by atoms with Crippen molar-refractivity contribution >= 4 is 5.91 Å². The van der Waals surface area contributed by atoms with Gasteiger partial charge >= 0.3 is 0 Å². The van der Waals surface area contributed by atoms with E-state index in [9.17, 15) is 4.79 Å². The molecule has 116 valence electrons. The summed E-state index contributed by atoms with van der Waals surface area (Å²) in [6.45, 7) is 2.15. The number of ether oxygens (including phenoxy) is 1. The first-order valence-corrected chi connectivity index (χ1v) is 7.54. The lowest BCUT2D eigenvalue weighted by molar-refractivity contribution is 0.0941. The van der Waals surface area contributed by atoms with Crippen LogP contribution in [0, 0.1) is 6.92 Å². The average molecular weight is 301 g/mol. The summed E-state index contributed by atoms with van der Waals surface area (Å²) in [6, 6.07) is 5.33. The zero-order valence-electron chi connectivity index (χ0n) is 12.5. The van der Waals surface area contributed by atoms with Crippen LogP contribution in [-0.4, -0.2) is 22.2 Å². The number of hydrogen-bond donors (Lipinski definition) is 1. The van der Waals surface area contributed by atoms with Gasteiger partial charge in [0.1, 0.15) is 11.9 Å². The average Bonchev–Trinajstić information content (AvgIpc) is 3.17. The van der Waals surface area contributed by atoms with Crippen molar-refractivity contribution in [1.82, 2.24) is 15.5 Å². The summed E-state index contributed by atoms with van der Waals surface area (Å²) in [5.41, 5.74) is 1.23. The summed E-state index contributed by atoms with van der Waals surface area (Å²) in [7, 11) is 0. The van der Waals surface area contributed by atoms with E-state index in [4.69, 9.17) is 9.26 Å². The highest BCUT2D eigenvalue weighted by Gasteiger charge is 2.17. The van der Waals surface area contributed by atoms with E-state index in [-0.39, 0.29) is 17.7 Å². The van der Waals surface area contributed by atoms with E-state index in [0.717, 1.165) is 18.4 Å². The third-order valence-electron chi connectivity index (χ3n) is 3.70. The van der Waals surface area contributed by atoms with Crippen LogP contribution in [0.25, 0.3) is 0 Å². The minimum Gasteiger partial charge on any atom is -0.474 e. The third-order valence-corrected chi connectivity index (χ3v) is 3.70. The van der Waals surface area contributed by atoms with E-state index in [0.29, 0.717) is 18.2 Å². The lowest BCUT2D eigenvalue weighted by Gasteiger charge is -2.12. The van der Waals surface area contributed by atoms with Gasteiger partial charge in [0.2, 0.25) is 5.88 Å². The molecule has 6 heteroatoms. The van der Waals surface area contributed by atoms with E-state index < -0.39 is 0 Å². The van der Waals surface area contributed by atoms with Crippen molar-refractivity contribution in [2.75, 3.05) is 0 Å². The van der Waals surface area contributed by atoms with Crippen LogP contribution in [0.2, 0.25) is 0 Å². The number of hydrogen-bond acceptors (Lipinski definition) is 5. The van der Waals surface area contributed by atoms with Crippen LogP contribution in [0.5, 0.6) is 5.88 Å². The molecular weight excluding hydrogens is 282 g/mol. The Hall–Kier alpha value is -2.37. The van der Waals surface area contributed by atoms with Crippen molar-refractivity contribution in [1.29, 1.82) is 0 Å². The monoisotopic (exact) mass is 301 g/mol. The number of nitrogens with one attached hydrogen (secondary N) is 1. The Kier molecular flexibility index (Phi) is 4.37. The molecule has 1 N–H and O–H groups in total. The van der Waals surface area contributed by atoms with Gasteiger partial charge < -0.3 is 14.6 Å². The van der Waals surface area contributed by atoms with Gasteiger partial charge in [-0.3, -0.25) is 4.79 Å². The summed E-state index contributed by atoms with van der Waals surface area (Å²) >= 11 is 0. The van der Waals surface area contributed by atoms with Crippen LogP contribution in [0.1, 0.15) is 47.5 Å². The molecule has 0 radical (unpaired) electrons. The Labute approximate surface area is 128 Å². The minimum absolute atomic E-state index is 0.257. The molecule has 0 atom stereocenters. The highest BCUT2D eigenvalue weighted by Crippen LogP contribution is 2.23. The van der Waals surface area contributed by atoms with E-state index >= 15 is 0 Å². The molecule has 2 heterocycles. The van der Waals surface area contributed by atoms with E-state index in [1.807, 2.05) is 12.1 Å². The molecular formula is C16H19N3O3. The van der Waals surface area contributed by atoms with Gasteiger partial charge in [-0.1, -0.05) is 5.16 Å². The smallest absolute Gasteiger partial charge is 0.273 e. The van der Waals surface area contributed by atoms with Crippen molar-refractivity contribution in [2.24, 2.45) is 0 Å². The van der Waals surface area contributed by atoms with E-state index in [1.54, 1.807) is 19.2 Å². The summed E-state index contributed by atoms with van der Waals surface area (Å²) in [5, 5.41) is 6.49. The molecule has 0 aliphatic heterocycles. The molecule has 3 rings (SSSR count). The van der Waals surface area contributed by atoms with Crippen molar-refractivity contribution in [3.05, 3.63) is 41.4 Å². The van der Waals surface area contributed by atoms with Crippen LogP contribution in [0.3, 0.4) is 0 Å². The maximum absolute atomic E-state index is 11.9. The molecule has 0 unspecified atom stereocenters. The number of aromatic nitrogens is 2. The molecule has 0 aromatic carbocycles. The minimum atomic E-state index is -0.257. The second-order valence-corrected chi connectivity index (χ2v) is 5.53. The first-order valence-electron chi connectivity index (χ1n) is 7.54. The first-order chi connectivity index (χ1) is 10.7. The molecule has 2 aromatic heterocycles. The van der Waals surface area contributed by atoms with Crippen molar-refractivity contribution in [3.8, 4) is 5.88 Å². The number of amides is 1. The largest absolute Gasteiger partial charge is 0.474 e. The second kappa shape index (κ2) is 6.60. The molecule has 0 spiro atoms. The molecule has 0 bridgehead atoms. The fraction of sp³-hybridized carbons (Fsp3) is 0.438. The Morgan fingerprint density at radius 1 is 1.41 bits per heavy atom. The zero-order valence-corrected chi connectivity index (χ0v) is 12.5. The zero-order chi connectivity index (χ0) is 15.4. The number of aryl methyl sites for hydroxylation is 1. The number of rotatable bonds is 5. The van der Waals surface area contributed by atoms with E-state index in [2.05, 4.69) is 15.5 Å². The molecule has 0 saturated heterocycles. The van der Waals surface area contributed by atoms with Gasteiger partial charge in [0.25, 0.3) is 5.91 Å².